The smallest absolute Gasteiger partial charge is 0.260 e. The monoisotopic (exact) mass is 342 g/mol. The van der Waals surface area contributed by atoms with Gasteiger partial charge in [0.25, 0.3) is 5.89 Å². The second kappa shape index (κ2) is 5.33. The maximum atomic E-state index is 6.21. The molecule has 0 fully saturated rings. The van der Waals surface area contributed by atoms with Crippen molar-refractivity contribution in [1.82, 2.24) is 15.2 Å². The highest BCUT2D eigenvalue weighted by atomic mass is 35.5. The second-order valence-corrected chi connectivity index (χ2v) is 6.51. The molecule has 0 saturated heterocycles. The van der Waals surface area contributed by atoms with Gasteiger partial charge >= 0.3 is 0 Å². The molecule has 23 heavy (non-hydrogen) atoms. The number of aryl methyl sites for hydroxylation is 1. The molecule has 0 bridgehead atoms. The van der Waals surface area contributed by atoms with Crippen LogP contribution in [0.4, 0.5) is 5.69 Å². The summed E-state index contributed by atoms with van der Waals surface area (Å²) in [5, 5.41) is 9.72. The molecular weight excluding hydrogens is 332 g/mol. The molecule has 0 amide bonds. The Hall–Kier alpha value is -2.44. The van der Waals surface area contributed by atoms with Crippen LogP contribution in [-0.4, -0.2) is 15.2 Å². The zero-order valence-electron chi connectivity index (χ0n) is 12.1. The van der Waals surface area contributed by atoms with Crippen molar-refractivity contribution in [2.45, 2.75) is 6.92 Å². The zero-order chi connectivity index (χ0) is 16.0. The first-order valence-electron chi connectivity index (χ1n) is 6.87. The van der Waals surface area contributed by atoms with Gasteiger partial charge in [-0.2, -0.15) is 0 Å². The van der Waals surface area contributed by atoms with E-state index in [4.69, 9.17) is 21.8 Å². The Balaban J connectivity index is 1.81. The van der Waals surface area contributed by atoms with Crippen LogP contribution in [0.1, 0.15) is 5.69 Å². The maximum Gasteiger partial charge on any atom is 0.260 e. The molecule has 4 rings (SSSR count). The van der Waals surface area contributed by atoms with Gasteiger partial charge in [0.2, 0.25) is 5.89 Å². The fourth-order valence-electron chi connectivity index (χ4n) is 2.30. The summed E-state index contributed by atoms with van der Waals surface area (Å²) < 4.78 is 5.77. The molecule has 3 heterocycles. The highest BCUT2D eigenvalue weighted by Gasteiger charge is 2.18. The molecule has 5 nitrogen and oxygen atoms in total. The molecule has 114 valence electrons. The number of nitrogen functional groups attached to an aromatic ring is 1. The van der Waals surface area contributed by atoms with Crippen molar-refractivity contribution in [3.05, 3.63) is 47.1 Å². The van der Waals surface area contributed by atoms with E-state index >= 15 is 0 Å². The van der Waals surface area contributed by atoms with E-state index in [0.717, 1.165) is 26.4 Å². The van der Waals surface area contributed by atoms with Gasteiger partial charge in [0.15, 0.2) is 0 Å². The number of nitrogens with zero attached hydrogens (tertiary/aromatic N) is 3. The lowest BCUT2D eigenvalue weighted by molar-refractivity contribution is 0.586. The number of fused-ring (bicyclic) bond motifs is 1. The number of hydrogen-bond donors (Lipinski definition) is 1. The third-order valence-corrected chi connectivity index (χ3v) is 4.76. The molecule has 0 saturated carbocycles. The molecule has 0 spiro atoms. The molecule has 0 aliphatic heterocycles. The molecule has 3 aromatic heterocycles. The van der Waals surface area contributed by atoms with E-state index in [1.165, 1.54) is 11.3 Å². The molecule has 0 radical (unpaired) electrons. The van der Waals surface area contributed by atoms with E-state index in [1.807, 2.05) is 31.2 Å². The minimum Gasteiger partial charge on any atom is -0.415 e. The summed E-state index contributed by atoms with van der Waals surface area (Å²) in [6.45, 7) is 1.94. The highest BCUT2D eigenvalue weighted by Crippen LogP contribution is 2.40. The minimum atomic E-state index is 0.387. The standard InChI is InChI=1S/C16H11ClN4OS/c1-8-5-6-11-12(18)13(23-16(11)19-8)15-21-20-14(22-15)9-3-2-4-10(17)7-9/h2-7H,18H2,1H3. The Morgan fingerprint density at radius 3 is 2.78 bits per heavy atom. The van der Waals surface area contributed by atoms with Crippen LogP contribution in [0.15, 0.2) is 40.8 Å². The van der Waals surface area contributed by atoms with E-state index < -0.39 is 0 Å². The van der Waals surface area contributed by atoms with Crippen molar-refractivity contribution in [3.63, 3.8) is 0 Å². The molecule has 1 aromatic carbocycles. The van der Waals surface area contributed by atoms with Crippen LogP contribution in [0, 0.1) is 6.92 Å². The number of rotatable bonds is 2. The molecule has 4 aromatic rings. The summed E-state index contributed by atoms with van der Waals surface area (Å²) >= 11 is 7.44. The Kier molecular flexibility index (Phi) is 3.28. The van der Waals surface area contributed by atoms with Crippen molar-refractivity contribution in [2.24, 2.45) is 0 Å². The maximum absolute atomic E-state index is 6.21. The second-order valence-electron chi connectivity index (χ2n) is 5.07. The van der Waals surface area contributed by atoms with Gasteiger partial charge in [-0.05, 0) is 37.3 Å². The number of thiophene rings is 1. The van der Waals surface area contributed by atoms with E-state index in [-0.39, 0.29) is 0 Å². The summed E-state index contributed by atoms with van der Waals surface area (Å²) in [6, 6.07) is 11.2. The highest BCUT2D eigenvalue weighted by molar-refractivity contribution is 7.22. The predicted octanol–water partition coefficient (Wildman–Crippen LogP) is 4.56. The summed E-state index contributed by atoms with van der Waals surface area (Å²) in [7, 11) is 0. The van der Waals surface area contributed by atoms with Gasteiger partial charge in [-0.3, -0.25) is 0 Å². The van der Waals surface area contributed by atoms with Crippen molar-refractivity contribution < 1.29 is 4.42 Å². The average molecular weight is 343 g/mol. The first-order valence-corrected chi connectivity index (χ1v) is 8.07. The number of pyridine rings is 1. The summed E-state index contributed by atoms with van der Waals surface area (Å²) in [6.07, 6.45) is 0. The van der Waals surface area contributed by atoms with Crippen molar-refractivity contribution in [1.29, 1.82) is 0 Å². The van der Waals surface area contributed by atoms with Gasteiger partial charge < -0.3 is 10.2 Å². The third kappa shape index (κ3) is 2.46. The number of aromatic nitrogens is 3. The van der Waals surface area contributed by atoms with Gasteiger partial charge in [-0.15, -0.1) is 21.5 Å². The summed E-state index contributed by atoms with van der Waals surface area (Å²) in [4.78, 5) is 6.09. The first kappa shape index (κ1) is 14.2. The Morgan fingerprint density at radius 1 is 1.13 bits per heavy atom. The van der Waals surface area contributed by atoms with Crippen molar-refractivity contribution >= 4 is 38.8 Å². The lowest BCUT2D eigenvalue weighted by atomic mass is 10.2. The molecule has 0 unspecified atom stereocenters. The number of hydrogen-bond acceptors (Lipinski definition) is 6. The predicted molar refractivity (Wildman–Crippen MR) is 92.5 cm³/mol. The minimum absolute atomic E-state index is 0.387. The van der Waals surface area contributed by atoms with Gasteiger partial charge in [-0.25, -0.2) is 4.98 Å². The van der Waals surface area contributed by atoms with Gasteiger partial charge in [0, 0.05) is 21.7 Å². The van der Waals surface area contributed by atoms with Gasteiger partial charge in [0.05, 0.1) is 5.69 Å². The van der Waals surface area contributed by atoms with Crippen LogP contribution < -0.4 is 5.73 Å². The Bertz CT molecular complexity index is 1020. The molecule has 0 aliphatic carbocycles. The van der Waals surface area contributed by atoms with E-state index in [2.05, 4.69) is 15.2 Å². The third-order valence-electron chi connectivity index (χ3n) is 3.42. The van der Waals surface area contributed by atoms with Crippen LogP contribution in [0.25, 0.3) is 32.4 Å². The fourth-order valence-corrected chi connectivity index (χ4v) is 3.55. The number of halogens is 1. The van der Waals surface area contributed by atoms with Crippen LogP contribution in [0.5, 0.6) is 0 Å². The fraction of sp³-hybridized carbons (Fsp3) is 0.0625. The molecule has 0 atom stereocenters. The normalized spacial score (nSPS) is 11.2. The quantitative estimate of drug-likeness (QED) is 0.578. The van der Waals surface area contributed by atoms with Gasteiger partial charge in [-0.1, -0.05) is 17.7 Å². The lowest BCUT2D eigenvalue weighted by Crippen LogP contribution is -1.86. The van der Waals surface area contributed by atoms with Crippen molar-refractivity contribution in [2.75, 3.05) is 5.73 Å². The van der Waals surface area contributed by atoms with E-state index in [9.17, 15) is 0 Å². The van der Waals surface area contributed by atoms with E-state index in [0.29, 0.717) is 22.5 Å². The molecule has 0 aliphatic rings. The van der Waals surface area contributed by atoms with Crippen LogP contribution in [0.3, 0.4) is 0 Å². The topological polar surface area (TPSA) is 77.8 Å². The SMILES string of the molecule is Cc1ccc2c(N)c(-c3nnc(-c4cccc(Cl)c4)o3)sc2n1. The Morgan fingerprint density at radius 2 is 1.96 bits per heavy atom. The average Bonchev–Trinajstić information content (AvgIpc) is 3.12. The van der Waals surface area contributed by atoms with Crippen molar-refractivity contribution in [3.8, 4) is 22.2 Å². The van der Waals surface area contributed by atoms with Crippen LogP contribution >= 0.6 is 22.9 Å². The number of nitrogens with two attached hydrogens (primary N) is 1. The van der Waals surface area contributed by atoms with Gasteiger partial charge in [0.1, 0.15) is 9.71 Å². The molecule has 2 N–H and O–H groups in total. The van der Waals surface area contributed by atoms with E-state index in [1.54, 1.807) is 12.1 Å². The molecule has 7 heteroatoms. The lowest BCUT2D eigenvalue weighted by Gasteiger charge is -1.95. The molecular formula is C16H11ClN4OS. The van der Waals surface area contributed by atoms with Crippen LogP contribution in [-0.2, 0) is 0 Å². The first-order chi connectivity index (χ1) is 11.1. The summed E-state index contributed by atoms with van der Waals surface area (Å²) in [5.41, 5.74) is 8.53. The zero-order valence-corrected chi connectivity index (χ0v) is 13.6. The number of anilines is 1. The largest absolute Gasteiger partial charge is 0.415 e. The number of benzene rings is 1. The summed E-state index contributed by atoms with van der Waals surface area (Å²) in [5.74, 6) is 0.793. The Labute approximate surface area is 140 Å². The van der Waals surface area contributed by atoms with Crippen LogP contribution in [0.2, 0.25) is 5.02 Å².